The zero-order valence-corrected chi connectivity index (χ0v) is 16.9. The molecule has 3 aromatic rings. The van der Waals surface area contributed by atoms with Gasteiger partial charge in [0.05, 0.1) is 10.2 Å². The van der Waals surface area contributed by atoms with Gasteiger partial charge in [0.2, 0.25) is 0 Å². The second-order valence-electron chi connectivity index (χ2n) is 7.30. The van der Waals surface area contributed by atoms with Gasteiger partial charge in [-0.25, -0.2) is 15.2 Å². The van der Waals surface area contributed by atoms with Crippen LogP contribution in [-0.4, -0.2) is 29.5 Å². The summed E-state index contributed by atoms with van der Waals surface area (Å²) in [6.07, 6.45) is 2.10. The second-order valence-corrected chi connectivity index (χ2v) is 8.33. The van der Waals surface area contributed by atoms with Crippen LogP contribution >= 0.6 is 11.3 Å². The molecule has 1 fully saturated rings. The van der Waals surface area contributed by atoms with E-state index >= 15 is 0 Å². The standard InChI is InChI=1S/C21H23N5O2S/c1-14(23-20-24-16-9-5-6-10-17(16)29-20)18(27)25-26-19(28)22-13-21(11-12-21)15-7-3-2-4-8-15/h2-10,14H,11-13H2,1H3,(H,23,24)(H,25,27)(H2,22,26,28). The van der Waals surface area contributed by atoms with Crippen molar-refractivity contribution in [3.63, 3.8) is 0 Å². The minimum absolute atomic E-state index is 0.0182. The van der Waals surface area contributed by atoms with Crippen molar-refractivity contribution in [3.05, 3.63) is 60.2 Å². The molecule has 0 saturated heterocycles. The van der Waals surface area contributed by atoms with Crippen molar-refractivity contribution in [1.82, 2.24) is 21.2 Å². The quantitative estimate of drug-likeness (QED) is 0.470. The van der Waals surface area contributed by atoms with Gasteiger partial charge in [-0.2, -0.15) is 0 Å². The SMILES string of the molecule is CC(Nc1nc2ccccc2s1)C(=O)NNC(=O)NCC1(c2ccccc2)CC1. The average Bonchev–Trinajstić information content (AvgIpc) is 3.43. The van der Waals surface area contributed by atoms with Crippen LogP contribution in [0.3, 0.4) is 0 Å². The number of nitrogens with zero attached hydrogens (tertiary/aromatic N) is 1. The number of rotatable bonds is 6. The number of aromatic nitrogens is 1. The first kappa shape index (κ1) is 19.2. The fraction of sp³-hybridized carbons (Fsp3) is 0.286. The summed E-state index contributed by atoms with van der Waals surface area (Å²) in [5.41, 5.74) is 7.01. The Bertz CT molecular complexity index is 983. The molecular weight excluding hydrogens is 386 g/mol. The molecule has 4 N–H and O–H groups in total. The maximum Gasteiger partial charge on any atom is 0.333 e. The van der Waals surface area contributed by atoms with E-state index in [1.807, 2.05) is 42.5 Å². The van der Waals surface area contributed by atoms with Gasteiger partial charge in [-0.3, -0.25) is 10.2 Å². The summed E-state index contributed by atoms with van der Waals surface area (Å²) in [5.74, 6) is -0.344. The highest BCUT2D eigenvalue weighted by Gasteiger charge is 2.44. The van der Waals surface area contributed by atoms with Crippen molar-refractivity contribution >= 4 is 38.6 Å². The molecule has 0 bridgehead atoms. The topological polar surface area (TPSA) is 95.2 Å². The molecule has 0 aliphatic heterocycles. The highest BCUT2D eigenvalue weighted by molar-refractivity contribution is 7.22. The van der Waals surface area contributed by atoms with Crippen LogP contribution in [0.4, 0.5) is 9.93 Å². The molecule has 1 atom stereocenters. The number of fused-ring (bicyclic) bond motifs is 1. The van der Waals surface area contributed by atoms with Crippen molar-refractivity contribution in [1.29, 1.82) is 0 Å². The number of hydrogen-bond acceptors (Lipinski definition) is 5. The Balaban J connectivity index is 1.23. The normalized spacial score (nSPS) is 15.3. The molecule has 1 aliphatic carbocycles. The number of thiazole rings is 1. The Hall–Kier alpha value is -3.13. The van der Waals surface area contributed by atoms with Crippen molar-refractivity contribution in [2.45, 2.75) is 31.2 Å². The summed E-state index contributed by atoms with van der Waals surface area (Å²) >= 11 is 1.48. The van der Waals surface area contributed by atoms with Crippen molar-refractivity contribution in [2.75, 3.05) is 11.9 Å². The fourth-order valence-corrected chi connectivity index (χ4v) is 4.17. The average molecular weight is 410 g/mol. The van der Waals surface area contributed by atoms with Gasteiger partial charge in [-0.15, -0.1) is 0 Å². The summed E-state index contributed by atoms with van der Waals surface area (Å²) in [5, 5.41) is 6.58. The van der Waals surface area contributed by atoms with Crippen molar-refractivity contribution in [3.8, 4) is 0 Å². The van der Waals surface area contributed by atoms with Gasteiger partial charge in [-0.05, 0) is 37.5 Å². The maximum absolute atomic E-state index is 12.3. The van der Waals surface area contributed by atoms with E-state index in [1.54, 1.807) is 6.92 Å². The summed E-state index contributed by atoms with van der Waals surface area (Å²) in [7, 11) is 0. The summed E-state index contributed by atoms with van der Waals surface area (Å²) < 4.78 is 1.05. The molecule has 4 rings (SSSR count). The third kappa shape index (κ3) is 4.48. The lowest BCUT2D eigenvalue weighted by Gasteiger charge is -2.18. The molecule has 7 nitrogen and oxygen atoms in total. The van der Waals surface area contributed by atoms with Gasteiger partial charge < -0.3 is 10.6 Å². The lowest BCUT2D eigenvalue weighted by atomic mass is 9.96. The number of para-hydroxylation sites is 1. The van der Waals surface area contributed by atoms with Gasteiger partial charge in [0.25, 0.3) is 5.91 Å². The van der Waals surface area contributed by atoms with E-state index in [1.165, 1.54) is 16.9 Å². The third-order valence-corrected chi connectivity index (χ3v) is 6.12. The number of hydrazine groups is 1. The minimum atomic E-state index is -0.546. The first-order valence-corrected chi connectivity index (χ1v) is 10.4. The first-order valence-electron chi connectivity index (χ1n) is 9.57. The minimum Gasteiger partial charge on any atom is -0.350 e. The molecule has 1 saturated carbocycles. The molecule has 1 unspecified atom stereocenters. The van der Waals surface area contributed by atoms with Crippen LogP contribution < -0.4 is 21.5 Å². The highest BCUT2D eigenvalue weighted by atomic mass is 32.1. The van der Waals surface area contributed by atoms with Crippen LogP contribution in [0.1, 0.15) is 25.3 Å². The van der Waals surface area contributed by atoms with E-state index < -0.39 is 12.1 Å². The van der Waals surface area contributed by atoms with Crippen LogP contribution in [0.2, 0.25) is 0 Å². The molecule has 0 radical (unpaired) electrons. The highest BCUT2D eigenvalue weighted by Crippen LogP contribution is 2.47. The third-order valence-electron chi connectivity index (χ3n) is 5.15. The van der Waals surface area contributed by atoms with E-state index in [9.17, 15) is 9.59 Å². The van der Waals surface area contributed by atoms with Crippen LogP contribution in [0.25, 0.3) is 10.2 Å². The summed E-state index contributed by atoms with van der Waals surface area (Å²) in [4.78, 5) is 28.8. The van der Waals surface area contributed by atoms with Crippen LogP contribution in [-0.2, 0) is 10.2 Å². The second kappa shape index (κ2) is 8.08. The van der Waals surface area contributed by atoms with Gasteiger partial charge in [0, 0.05) is 12.0 Å². The Morgan fingerprint density at radius 3 is 2.52 bits per heavy atom. The predicted octanol–water partition coefficient (Wildman–Crippen LogP) is 3.16. The Labute approximate surface area is 172 Å². The Kier molecular flexibility index (Phi) is 5.35. The number of anilines is 1. The van der Waals surface area contributed by atoms with Crippen LogP contribution in [0.15, 0.2) is 54.6 Å². The van der Waals surface area contributed by atoms with Gasteiger partial charge in [0.1, 0.15) is 6.04 Å². The van der Waals surface area contributed by atoms with E-state index in [4.69, 9.17) is 0 Å². The lowest BCUT2D eigenvalue weighted by molar-refractivity contribution is -0.122. The smallest absolute Gasteiger partial charge is 0.333 e. The van der Waals surface area contributed by atoms with Crippen LogP contribution in [0, 0.1) is 0 Å². The number of carbonyl (C=O) groups is 2. The maximum atomic E-state index is 12.3. The molecule has 1 aromatic heterocycles. The van der Waals surface area contributed by atoms with Crippen molar-refractivity contribution in [2.24, 2.45) is 0 Å². The van der Waals surface area contributed by atoms with Crippen LogP contribution in [0.5, 0.6) is 0 Å². The zero-order valence-electron chi connectivity index (χ0n) is 16.1. The Morgan fingerprint density at radius 2 is 1.79 bits per heavy atom. The molecule has 1 heterocycles. The first-order chi connectivity index (χ1) is 14.1. The molecule has 8 heteroatoms. The fourth-order valence-electron chi connectivity index (χ4n) is 3.22. The molecule has 0 spiro atoms. The molecule has 3 amide bonds. The van der Waals surface area contributed by atoms with Gasteiger partial charge in [0.15, 0.2) is 5.13 Å². The van der Waals surface area contributed by atoms with E-state index in [0.717, 1.165) is 23.1 Å². The number of nitrogens with one attached hydrogen (secondary N) is 4. The number of hydrogen-bond donors (Lipinski definition) is 4. The Morgan fingerprint density at radius 1 is 1.07 bits per heavy atom. The molecule has 150 valence electrons. The number of urea groups is 1. The van der Waals surface area contributed by atoms with Gasteiger partial charge in [-0.1, -0.05) is 53.8 Å². The monoisotopic (exact) mass is 409 g/mol. The van der Waals surface area contributed by atoms with E-state index in [0.29, 0.717) is 11.7 Å². The van der Waals surface area contributed by atoms with E-state index in [-0.39, 0.29) is 11.3 Å². The largest absolute Gasteiger partial charge is 0.350 e. The molecular formula is C21H23N5O2S. The zero-order chi connectivity index (χ0) is 20.3. The molecule has 2 aromatic carbocycles. The summed E-state index contributed by atoms with van der Waals surface area (Å²) in [6.45, 7) is 2.26. The van der Waals surface area contributed by atoms with Crippen molar-refractivity contribution < 1.29 is 9.59 Å². The lowest BCUT2D eigenvalue weighted by Crippen LogP contribution is -2.51. The predicted molar refractivity (Wildman–Crippen MR) is 115 cm³/mol. The van der Waals surface area contributed by atoms with E-state index in [2.05, 4.69) is 38.6 Å². The molecule has 29 heavy (non-hydrogen) atoms. The van der Waals surface area contributed by atoms with Gasteiger partial charge >= 0.3 is 6.03 Å². The number of benzene rings is 2. The summed E-state index contributed by atoms with van der Waals surface area (Å²) in [6, 6.07) is 17.0. The number of amides is 3. The molecule has 1 aliphatic rings. The number of carbonyl (C=O) groups excluding carboxylic acids is 2.